The van der Waals surface area contributed by atoms with Crippen LogP contribution in [0.15, 0.2) is 0 Å². The molecule has 4 heteroatoms. The van der Waals surface area contributed by atoms with Crippen molar-refractivity contribution < 1.29 is 5.11 Å². The number of aliphatic hydroxyl groups is 1. The van der Waals surface area contributed by atoms with Gasteiger partial charge < -0.3 is 5.11 Å². The standard InChI is InChI=1S/C3H11N3O/c1-3(2,7)6(4)5/h7H,4-5H2,1-2H3. The minimum absolute atomic E-state index is 0.743. The lowest BCUT2D eigenvalue weighted by molar-refractivity contribution is -0.0811. The smallest absolute Gasteiger partial charge is 0.138 e. The second-order valence-corrected chi connectivity index (χ2v) is 1.90. The first-order valence-corrected chi connectivity index (χ1v) is 1.96. The molecule has 0 aliphatic heterocycles. The van der Waals surface area contributed by atoms with Crippen LogP contribution in [0, 0.1) is 0 Å². The van der Waals surface area contributed by atoms with Crippen LogP contribution in [0.5, 0.6) is 0 Å². The zero-order valence-electron chi connectivity index (χ0n) is 4.55. The number of nitrogens with zero attached hydrogens (tertiary/aromatic N) is 1. The highest BCUT2D eigenvalue weighted by Gasteiger charge is 2.15. The van der Waals surface area contributed by atoms with Crippen molar-refractivity contribution >= 4 is 0 Å². The number of hydrogen-bond acceptors (Lipinski definition) is 4. The van der Waals surface area contributed by atoms with Crippen LogP contribution in [0.3, 0.4) is 0 Å². The Morgan fingerprint density at radius 3 is 1.57 bits per heavy atom. The summed E-state index contributed by atoms with van der Waals surface area (Å²) in [5, 5.41) is 9.51. The van der Waals surface area contributed by atoms with Crippen molar-refractivity contribution in [3.05, 3.63) is 0 Å². The van der Waals surface area contributed by atoms with E-state index in [2.05, 4.69) is 0 Å². The van der Waals surface area contributed by atoms with Gasteiger partial charge in [-0.2, -0.15) is 5.12 Å². The number of nitrogens with two attached hydrogens (primary N) is 2. The third kappa shape index (κ3) is 2.52. The van der Waals surface area contributed by atoms with Crippen LogP contribution in [0.25, 0.3) is 0 Å². The van der Waals surface area contributed by atoms with E-state index in [-0.39, 0.29) is 0 Å². The number of hydrazine groups is 2. The van der Waals surface area contributed by atoms with Gasteiger partial charge in [0, 0.05) is 0 Å². The van der Waals surface area contributed by atoms with Gasteiger partial charge in [0.1, 0.15) is 5.72 Å². The molecule has 0 fully saturated rings. The molecule has 0 aromatic rings. The molecule has 0 spiro atoms. The number of hydrogen-bond donors (Lipinski definition) is 3. The lowest BCUT2D eigenvalue weighted by Crippen LogP contribution is -2.53. The van der Waals surface area contributed by atoms with Crippen LogP contribution >= 0.6 is 0 Å². The number of rotatable bonds is 1. The maximum absolute atomic E-state index is 8.77. The van der Waals surface area contributed by atoms with Crippen molar-refractivity contribution in [2.45, 2.75) is 19.6 Å². The third-order valence-electron chi connectivity index (χ3n) is 0.632. The van der Waals surface area contributed by atoms with Crippen LogP contribution < -0.4 is 11.7 Å². The molecule has 5 N–H and O–H groups in total. The summed E-state index contributed by atoms with van der Waals surface area (Å²) in [5.41, 5.74) is -1.11. The maximum atomic E-state index is 8.77. The second-order valence-electron chi connectivity index (χ2n) is 1.90. The van der Waals surface area contributed by atoms with E-state index in [0.717, 1.165) is 5.12 Å². The van der Waals surface area contributed by atoms with E-state index >= 15 is 0 Å². The highest BCUT2D eigenvalue weighted by molar-refractivity contribution is 4.54. The minimum Gasteiger partial charge on any atom is -0.374 e. The Morgan fingerprint density at radius 1 is 1.43 bits per heavy atom. The molecule has 0 aliphatic rings. The average molecular weight is 105 g/mol. The van der Waals surface area contributed by atoms with Gasteiger partial charge in [-0.3, -0.25) is 11.7 Å². The molecule has 7 heavy (non-hydrogen) atoms. The molecule has 0 aliphatic carbocycles. The fraction of sp³-hybridized carbons (Fsp3) is 1.00. The van der Waals surface area contributed by atoms with E-state index in [4.69, 9.17) is 16.8 Å². The van der Waals surface area contributed by atoms with Crippen LogP contribution in [0.2, 0.25) is 0 Å². The molecule has 4 nitrogen and oxygen atoms in total. The van der Waals surface area contributed by atoms with Crippen LogP contribution in [0.1, 0.15) is 13.8 Å². The Labute approximate surface area is 42.6 Å². The van der Waals surface area contributed by atoms with E-state index < -0.39 is 5.72 Å². The molecule has 0 saturated heterocycles. The molecule has 0 radical (unpaired) electrons. The first kappa shape index (κ1) is 6.84. The summed E-state index contributed by atoms with van der Waals surface area (Å²) in [4.78, 5) is 0. The second kappa shape index (κ2) is 1.75. The van der Waals surface area contributed by atoms with Gasteiger partial charge >= 0.3 is 0 Å². The Hall–Kier alpha value is -0.160. The van der Waals surface area contributed by atoms with Crippen LogP contribution in [-0.2, 0) is 0 Å². The summed E-state index contributed by atoms with van der Waals surface area (Å²) in [6.45, 7) is 2.99. The molecular weight excluding hydrogens is 94.1 g/mol. The highest BCUT2D eigenvalue weighted by Crippen LogP contribution is 1.96. The van der Waals surface area contributed by atoms with Gasteiger partial charge in [0.15, 0.2) is 0 Å². The van der Waals surface area contributed by atoms with Gasteiger partial charge in [-0.15, -0.1) is 0 Å². The molecule has 0 aromatic heterocycles. The SMILES string of the molecule is CC(C)(O)N(N)N. The monoisotopic (exact) mass is 105 g/mol. The molecular formula is C3H11N3O. The molecule has 0 rings (SSSR count). The molecule has 0 atom stereocenters. The largest absolute Gasteiger partial charge is 0.374 e. The summed E-state index contributed by atoms with van der Waals surface area (Å²) >= 11 is 0. The zero-order valence-corrected chi connectivity index (χ0v) is 4.55. The summed E-state index contributed by atoms with van der Waals surface area (Å²) in [7, 11) is 0. The maximum Gasteiger partial charge on any atom is 0.138 e. The van der Waals surface area contributed by atoms with Gasteiger partial charge in [0.2, 0.25) is 0 Å². The van der Waals surface area contributed by atoms with Gasteiger partial charge in [-0.25, -0.2) is 0 Å². The Balaban J connectivity index is 3.54. The van der Waals surface area contributed by atoms with E-state index in [1.807, 2.05) is 0 Å². The average Bonchev–Trinajstić information content (AvgIpc) is 1.31. The predicted molar refractivity (Wildman–Crippen MR) is 26.5 cm³/mol. The van der Waals surface area contributed by atoms with Crippen molar-refractivity contribution in [3.63, 3.8) is 0 Å². The Kier molecular flexibility index (Phi) is 1.71. The lowest BCUT2D eigenvalue weighted by atomic mass is 10.3. The van der Waals surface area contributed by atoms with Gasteiger partial charge in [-0.05, 0) is 13.8 Å². The van der Waals surface area contributed by atoms with Crippen LogP contribution in [-0.4, -0.2) is 15.9 Å². The predicted octanol–water partition coefficient (Wildman–Crippen LogP) is -1.24. The third-order valence-corrected chi connectivity index (χ3v) is 0.632. The molecule has 0 unspecified atom stereocenters. The first-order valence-electron chi connectivity index (χ1n) is 1.96. The van der Waals surface area contributed by atoms with E-state index in [1.54, 1.807) is 0 Å². The van der Waals surface area contributed by atoms with Gasteiger partial charge in [-0.1, -0.05) is 0 Å². The molecule has 0 saturated carbocycles. The van der Waals surface area contributed by atoms with Crippen molar-refractivity contribution in [1.29, 1.82) is 0 Å². The summed E-state index contributed by atoms with van der Waals surface area (Å²) in [6, 6.07) is 0. The van der Waals surface area contributed by atoms with Crippen molar-refractivity contribution in [2.24, 2.45) is 11.7 Å². The molecule has 0 bridgehead atoms. The van der Waals surface area contributed by atoms with Crippen LogP contribution in [0.4, 0.5) is 0 Å². The van der Waals surface area contributed by atoms with Crippen molar-refractivity contribution in [2.75, 3.05) is 0 Å². The van der Waals surface area contributed by atoms with Crippen molar-refractivity contribution in [1.82, 2.24) is 5.12 Å². The van der Waals surface area contributed by atoms with Crippen molar-refractivity contribution in [3.8, 4) is 0 Å². The minimum atomic E-state index is -1.11. The molecule has 0 aromatic carbocycles. The fourth-order valence-electron chi connectivity index (χ4n) is 0. The normalized spacial score (nSPS) is 12.9. The quantitative estimate of drug-likeness (QED) is 0.221. The Morgan fingerprint density at radius 2 is 1.57 bits per heavy atom. The lowest BCUT2D eigenvalue weighted by Gasteiger charge is -2.23. The van der Waals surface area contributed by atoms with E-state index in [1.165, 1.54) is 13.8 Å². The summed E-state index contributed by atoms with van der Waals surface area (Å²) in [6.07, 6.45) is 0. The summed E-state index contributed by atoms with van der Waals surface area (Å²) in [5.74, 6) is 9.86. The highest BCUT2D eigenvalue weighted by atomic mass is 16.3. The molecule has 0 heterocycles. The zero-order chi connectivity index (χ0) is 6.08. The topological polar surface area (TPSA) is 75.5 Å². The molecule has 0 amide bonds. The first-order chi connectivity index (χ1) is 2.94. The van der Waals surface area contributed by atoms with Gasteiger partial charge in [0.25, 0.3) is 0 Å². The summed E-state index contributed by atoms with van der Waals surface area (Å²) < 4.78 is 0. The fourth-order valence-corrected chi connectivity index (χ4v) is 0. The van der Waals surface area contributed by atoms with E-state index in [0.29, 0.717) is 0 Å². The van der Waals surface area contributed by atoms with Gasteiger partial charge in [0.05, 0.1) is 0 Å². The Bertz CT molecular complexity index is 55.7. The molecule has 44 valence electrons. The van der Waals surface area contributed by atoms with E-state index in [9.17, 15) is 0 Å².